The van der Waals surface area contributed by atoms with Crippen molar-refractivity contribution in [3.05, 3.63) is 162 Å². The van der Waals surface area contributed by atoms with Gasteiger partial charge in [-0.1, -0.05) is 121 Å². The Labute approximate surface area is 344 Å². The van der Waals surface area contributed by atoms with E-state index >= 15 is 0 Å². The van der Waals surface area contributed by atoms with Crippen molar-refractivity contribution in [2.24, 2.45) is 0 Å². The Morgan fingerprint density at radius 3 is 2.26 bits per heavy atom. The summed E-state index contributed by atoms with van der Waals surface area (Å²) in [5.74, 6) is -0.368. The van der Waals surface area contributed by atoms with Crippen LogP contribution in [0.4, 0.5) is 4.39 Å². The fourth-order valence-corrected chi connectivity index (χ4v) is 7.63. The van der Waals surface area contributed by atoms with Gasteiger partial charge >= 0.3 is 0 Å². The van der Waals surface area contributed by atoms with Crippen LogP contribution in [0, 0.1) is 38.5 Å². The summed E-state index contributed by atoms with van der Waals surface area (Å²) in [7, 11) is -2.01. The molecule has 6 aromatic carbocycles. The molecular formula is C48H39FIrN2OSi-2. The molecule has 0 amide bonds. The van der Waals surface area contributed by atoms with Crippen LogP contribution in [0.5, 0.6) is 0 Å². The molecule has 0 bridgehead atoms. The number of fused-ring (bicyclic) bond motifs is 7. The summed E-state index contributed by atoms with van der Waals surface area (Å²) in [6.45, 7) is -1.09. The summed E-state index contributed by atoms with van der Waals surface area (Å²) in [5.41, 5.74) is 3.58. The van der Waals surface area contributed by atoms with E-state index in [9.17, 15) is 4.39 Å². The van der Waals surface area contributed by atoms with Gasteiger partial charge in [-0.3, -0.25) is 4.39 Å². The van der Waals surface area contributed by atoms with Crippen molar-refractivity contribution in [2.75, 3.05) is 0 Å². The molecule has 269 valence electrons. The van der Waals surface area contributed by atoms with Gasteiger partial charge in [0.2, 0.25) is 0 Å². The molecule has 0 atom stereocenters. The second kappa shape index (κ2) is 14.9. The minimum atomic E-state index is -2.61. The van der Waals surface area contributed by atoms with E-state index in [2.05, 4.69) is 72.1 Å². The molecule has 0 unspecified atom stereocenters. The first-order valence-corrected chi connectivity index (χ1v) is 20.6. The van der Waals surface area contributed by atoms with Crippen LogP contribution in [0.15, 0.2) is 132 Å². The molecule has 0 aliphatic heterocycles. The molecule has 0 saturated heterocycles. The fraction of sp³-hybridized carbons (Fsp3) is 0.125. The van der Waals surface area contributed by atoms with Gasteiger partial charge in [0.25, 0.3) is 0 Å². The molecule has 54 heavy (non-hydrogen) atoms. The summed E-state index contributed by atoms with van der Waals surface area (Å²) < 4.78 is 100. The molecule has 6 heteroatoms. The molecule has 9 rings (SSSR count). The number of pyridine rings is 2. The Bertz CT molecular complexity index is 3200. The van der Waals surface area contributed by atoms with E-state index in [0.717, 1.165) is 43.1 Å². The van der Waals surface area contributed by atoms with Gasteiger partial charge in [-0.2, -0.15) is 0 Å². The molecule has 3 heterocycles. The van der Waals surface area contributed by atoms with Crippen LogP contribution < -0.4 is 5.19 Å². The van der Waals surface area contributed by atoms with E-state index in [1.807, 2.05) is 24.3 Å². The van der Waals surface area contributed by atoms with Gasteiger partial charge in [-0.05, 0) is 75.9 Å². The van der Waals surface area contributed by atoms with Crippen molar-refractivity contribution < 1.29 is 42.6 Å². The second-order valence-corrected chi connectivity index (χ2v) is 19.0. The molecule has 0 aliphatic carbocycles. The van der Waals surface area contributed by atoms with Crippen molar-refractivity contribution in [3.63, 3.8) is 0 Å². The van der Waals surface area contributed by atoms with Crippen LogP contribution in [-0.4, -0.2) is 18.0 Å². The van der Waals surface area contributed by atoms with Crippen molar-refractivity contribution in [1.29, 1.82) is 0 Å². The largest absolute Gasteiger partial charge is 0.500 e. The van der Waals surface area contributed by atoms with Gasteiger partial charge in [0.1, 0.15) is 5.58 Å². The van der Waals surface area contributed by atoms with Crippen molar-refractivity contribution in [1.82, 2.24) is 9.97 Å². The zero-order valence-electron chi connectivity index (χ0n) is 39.6. The van der Waals surface area contributed by atoms with Gasteiger partial charge in [0.15, 0.2) is 0 Å². The monoisotopic (exact) mass is 909 g/mol. The van der Waals surface area contributed by atoms with E-state index in [1.165, 1.54) is 30.6 Å². The SMILES string of the molecule is [2H]C([2H])([2H])c1ccc(-c2[c-]cc(F)cc2)nc1.[2H]c1cc([Si](C)(C)C)cc(C([2H])([2H])[2H])c1-c1cc(-c2[c-]ccc3c2oc2c3ccc3ccc4ccccc4c32)ncc1C([2H])([2H])[2H].[Ir]. The van der Waals surface area contributed by atoms with E-state index in [4.69, 9.17) is 18.1 Å². The van der Waals surface area contributed by atoms with Crippen LogP contribution in [0.2, 0.25) is 19.6 Å². The molecular weight excluding hydrogens is 860 g/mol. The van der Waals surface area contributed by atoms with Crippen molar-refractivity contribution in [3.8, 4) is 33.6 Å². The van der Waals surface area contributed by atoms with E-state index < -0.39 is 28.6 Å². The minimum Gasteiger partial charge on any atom is -0.500 e. The molecule has 1 radical (unpaired) electrons. The number of hydrogen-bond donors (Lipinski definition) is 0. The summed E-state index contributed by atoms with van der Waals surface area (Å²) in [6, 6.07) is 38.2. The van der Waals surface area contributed by atoms with Crippen molar-refractivity contribution >= 4 is 56.7 Å². The number of aromatic nitrogens is 2. The maximum Gasteiger partial charge on any atom is 0.129 e. The van der Waals surface area contributed by atoms with Crippen LogP contribution in [0.1, 0.15) is 30.4 Å². The normalized spacial score (nSPS) is 14.9. The van der Waals surface area contributed by atoms with E-state index in [1.54, 1.807) is 36.4 Å². The molecule has 3 nitrogen and oxygen atoms in total. The van der Waals surface area contributed by atoms with E-state index in [-0.39, 0.29) is 59.8 Å². The van der Waals surface area contributed by atoms with Gasteiger partial charge in [-0.25, -0.2) is 0 Å². The van der Waals surface area contributed by atoms with Crippen LogP contribution in [0.3, 0.4) is 0 Å². The Morgan fingerprint density at radius 1 is 0.704 bits per heavy atom. The van der Waals surface area contributed by atoms with Gasteiger partial charge in [-0.15, -0.1) is 48.0 Å². The number of benzene rings is 6. The summed E-state index contributed by atoms with van der Waals surface area (Å²) in [4.78, 5) is 8.60. The molecule has 0 aliphatic rings. The minimum absolute atomic E-state index is 0. The van der Waals surface area contributed by atoms with Crippen LogP contribution in [-0.2, 0) is 20.1 Å². The zero-order chi connectivity index (χ0) is 45.2. The van der Waals surface area contributed by atoms with Crippen molar-refractivity contribution in [2.45, 2.75) is 40.2 Å². The van der Waals surface area contributed by atoms with Crippen LogP contribution >= 0.6 is 0 Å². The average Bonchev–Trinajstić information content (AvgIpc) is 3.61. The fourth-order valence-electron chi connectivity index (χ4n) is 6.55. The number of rotatable bonds is 4. The standard InChI is InChI=1S/C36H30NOSi.C12H9FN.Ir/c1-22-19-26(39(3,4)5)16-18-27(22)32-20-33(37-21-23(32)2)31-12-8-11-29-30-17-15-25-14-13-24-9-6-7-10-28(24)34(25)36(30)38-35(29)31;1-9-2-7-12(14-8-9)10-3-5-11(13)6-4-10;/h6-11,13-21H,1-5H3;2-3,5-8H,1H3;/q2*-1;/i1D3,2D3,18D;1D3;. The first-order valence-electron chi connectivity index (χ1n) is 22.1. The first kappa shape index (κ1) is 26.5. The van der Waals surface area contributed by atoms with Crippen LogP contribution in [0.25, 0.3) is 77.1 Å². The smallest absolute Gasteiger partial charge is 0.129 e. The predicted molar refractivity (Wildman–Crippen MR) is 222 cm³/mol. The van der Waals surface area contributed by atoms with Gasteiger partial charge in [0, 0.05) is 61.4 Å². The number of aryl methyl sites for hydroxylation is 3. The van der Waals surface area contributed by atoms with Gasteiger partial charge < -0.3 is 14.4 Å². The number of furan rings is 1. The quantitative estimate of drug-likeness (QED) is 0.100. The summed E-state index contributed by atoms with van der Waals surface area (Å²) in [6.07, 6.45) is 2.57. The maximum absolute atomic E-state index is 12.7. The predicted octanol–water partition coefficient (Wildman–Crippen LogP) is 12.6. The molecule has 9 aromatic rings. The first-order chi connectivity index (χ1) is 29.6. The molecule has 0 saturated carbocycles. The Kier molecular flexibility index (Phi) is 7.30. The Balaban J connectivity index is 0.000000286. The topological polar surface area (TPSA) is 38.9 Å². The number of nitrogens with zero attached hydrogens (tertiary/aromatic N) is 2. The Morgan fingerprint density at radius 2 is 1.50 bits per heavy atom. The van der Waals surface area contributed by atoms with E-state index in [0.29, 0.717) is 28.1 Å². The second-order valence-electron chi connectivity index (χ2n) is 13.9. The Hall–Kier alpha value is -5.26. The zero-order valence-corrected chi connectivity index (χ0v) is 33.0. The third kappa shape index (κ3) is 7.05. The number of halogens is 1. The third-order valence-corrected chi connectivity index (χ3v) is 11.4. The molecule has 0 N–H and O–H groups in total. The molecule has 0 spiro atoms. The summed E-state index contributed by atoms with van der Waals surface area (Å²) >= 11 is 0. The average molecular weight is 909 g/mol. The molecule has 3 aromatic heterocycles. The maximum atomic E-state index is 12.7. The summed E-state index contributed by atoms with van der Waals surface area (Å²) in [5, 5.41) is 6.79. The van der Waals surface area contributed by atoms with Gasteiger partial charge in [0.05, 0.1) is 15.0 Å². The third-order valence-electron chi connectivity index (χ3n) is 9.36. The molecule has 0 fully saturated rings. The number of hydrogen-bond acceptors (Lipinski definition) is 3.